The third-order valence-corrected chi connectivity index (χ3v) is 2.07. The fourth-order valence-electron chi connectivity index (χ4n) is 1.20. The molecule has 1 aromatic rings. The Kier molecular flexibility index (Phi) is 4.56. The smallest absolute Gasteiger partial charge is 0.120 e. The van der Waals surface area contributed by atoms with Crippen LogP contribution in [0.15, 0.2) is 18.2 Å². The van der Waals surface area contributed by atoms with Gasteiger partial charge in [-0.2, -0.15) is 0 Å². The Labute approximate surface area is 90.9 Å². The van der Waals surface area contributed by atoms with Crippen LogP contribution in [0.2, 0.25) is 0 Å². The van der Waals surface area contributed by atoms with Gasteiger partial charge in [-0.25, -0.2) is 0 Å². The molecule has 2 heteroatoms. The lowest BCUT2D eigenvalue weighted by molar-refractivity contribution is 0.411. The molecule has 0 saturated carbocycles. The molecule has 15 heavy (non-hydrogen) atoms. The number of methoxy groups -OCH3 is 1. The first-order valence-electron chi connectivity index (χ1n) is 5.09. The van der Waals surface area contributed by atoms with Crippen molar-refractivity contribution in [2.75, 3.05) is 7.11 Å². The number of ether oxygens (including phenoxy) is 1. The molecule has 0 unspecified atom stereocenters. The molecule has 0 bridgehead atoms. The summed E-state index contributed by atoms with van der Waals surface area (Å²) >= 11 is 0. The summed E-state index contributed by atoms with van der Waals surface area (Å²) in [6.07, 6.45) is 2.55. The Balaban J connectivity index is 2.72. The van der Waals surface area contributed by atoms with Crippen LogP contribution in [0.1, 0.15) is 25.3 Å². The second-order valence-electron chi connectivity index (χ2n) is 3.27. The van der Waals surface area contributed by atoms with Crippen molar-refractivity contribution < 1.29 is 9.84 Å². The van der Waals surface area contributed by atoms with Crippen LogP contribution < -0.4 is 4.74 Å². The highest BCUT2D eigenvalue weighted by Crippen LogP contribution is 2.22. The predicted molar refractivity (Wildman–Crippen MR) is 61.0 cm³/mol. The Morgan fingerprint density at radius 1 is 1.33 bits per heavy atom. The third-order valence-electron chi connectivity index (χ3n) is 2.07. The number of hydrogen-bond acceptors (Lipinski definition) is 2. The normalized spacial score (nSPS) is 9.20. The van der Waals surface area contributed by atoms with Crippen LogP contribution >= 0.6 is 0 Å². The van der Waals surface area contributed by atoms with Crippen molar-refractivity contribution in [3.05, 3.63) is 23.8 Å². The first-order chi connectivity index (χ1) is 7.27. The molecule has 0 aliphatic heterocycles. The Morgan fingerprint density at radius 2 is 2.13 bits per heavy atom. The number of rotatable bonds is 3. The van der Waals surface area contributed by atoms with Crippen molar-refractivity contribution in [1.29, 1.82) is 0 Å². The van der Waals surface area contributed by atoms with Crippen molar-refractivity contribution >= 4 is 0 Å². The summed E-state index contributed by atoms with van der Waals surface area (Å²) in [4.78, 5) is 0. The largest absolute Gasteiger partial charge is 0.508 e. The van der Waals surface area contributed by atoms with Gasteiger partial charge in [0.1, 0.15) is 11.5 Å². The molecule has 0 spiro atoms. The zero-order valence-electron chi connectivity index (χ0n) is 9.21. The minimum atomic E-state index is 0.279. The summed E-state index contributed by atoms with van der Waals surface area (Å²) in [7, 11) is 1.61. The monoisotopic (exact) mass is 204 g/mol. The SMILES string of the molecule is CCCC#CCc1cc(OC)ccc1O. The van der Waals surface area contributed by atoms with Crippen LogP contribution in [0.4, 0.5) is 0 Å². The molecule has 0 heterocycles. The fraction of sp³-hybridized carbons (Fsp3) is 0.385. The van der Waals surface area contributed by atoms with Crippen LogP contribution in [0.3, 0.4) is 0 Å². The fourth-order valence-corrected chi connectivity index (χ4v) is 1.20. The molecule has 0 saturated heterocycles. The van der Waals surface area contributed by atoms with Crippen LogP contribution in [0, 0.1) is 11.8 Å². The van der Waals surface area contributed by atoms with Gasteiger partial charge >= 0.3 is 0 Å². The van der Waals surface area contributed by atoms with E-state index in [0.29, 0.717) is 6.42 Å². The minimum absolute atomic E-state index is 0.279. The Hall–Kier alpha value is -1.62. The van der Waals surface area contributed by atoms with E-state index in [-0.39, 0.29) is 5.75 Å². The zero-order valence-corrected chi connectivity index (χ0v) is 9.21. The lowest BCUT2D eigenvalue weighted by atomic mass is 10.1. The van der Waals surface area contributed by atoms with E-state index in [9.17, 15) is 5.11 Å². The Bertz CT molecular complexity index is 372. The molecule has 0 radical (unpaired) electrons. The molecular formula is C13H16O2. The van der Waals surface area contributed by atoms with E-state index in [0.717, 1.165) is 24.2 Å². The number of benzene rings is 1. The molecular weight excluding hydrogens is 188 g/mol. The average Bonchev–Trinajstić information content (AvgIpc) is 2.26. The maximum absolute atomic E-state index is 9.56. The Morgan fingerprint density at radius 3 is 2.80 bits per heavy atom. The first-order valence-corrected chi connectivity index (χ1v) is 5.09. The van der Waals surface area contributed by atoms with Gasteiger partial charge in [0.25, 0.3) is 0 Å². The molecule has 1 rings (SSSR count). The summed E-state index contributed by atoms with van der Waals surface area (Å²) in [5.41, 5.74) is 0.818. The number of hydrogen-bond donors (Lipinski definition) is 1. The molecule has 80 valence electrons. The van der Waals surface area contributed by atoms with E-state index in [1.54, 1.807) is 19.2 Å². The van der Waals surface area contributed by atoms with Gasteiger partial charge < -0.3 is 9.84 Å². The standard InChI is InChI=1S/C13H16O2/c1-3-4-5-6-7-11-10-12(15-2)8-9-13(11)14/h8-10,14H,3-4,7H2,1-2H3. The summed E-state index contributed by atoms with van der Waals surface area (Å²) in [6.45, 7) is 2.09. The van der Waals surface area contributed by atoms with Crippen molar-refractivity contribution in [2.45, 2.75) is 26.2 Å². The molecule has 0 aliphatic rings. The number of aromatic hydroxyl groups is 1. The van der Waals surface area contributed by atoms with E-state index in [2.05, 4.69) is 18.8 Å². The summed E-state index contributed by atoms with van der Waals surface area (Å²) in [5.74, 6) is 7.10. The summed E-state index contributed by atoms with van der Waals surface area (Å²) in [5, 5.41) is 9.56. The molecule has 0 aromatic heterocycles. The van der Waals surface area contributed by atoms with Gasteiger partial charge in [0, 0.05) is 18.4 Å². The average molecular weight is 204 g/mol. The van der Waals surface area contributed by atoms with Gasteiger partial charge in [0.2, 0.25) is 0 Å². The zero-order chi connectivity index (χ0) is 11.1. The van der Waals surface area contributed by atoms with Crippen molar-refractivity contribution in [3.63, 3.8) is 0 Å². The van der Waals surface area contributed by atoms with E-state index in [1.165, 1.54) is 0 Å². The number of phenolic OH excluding ortho intramolecular Hbond substituents is 1. The van der Waals surface area contributed by atoms with Crippen LogP contribution in [0.25, 0.3) is 0 Å². The highest BCUT2D eigenvalue weighted by Gasteiger charge is 2.00. The van der Waals surface area contributed by atoms with Gasteiger partial charge in [0.05, 0.1) is 7.11 Å². The maximum atomic E-state index is 9.56. The lowest BCUT2D eigenvalue weighted by Crippen LogP contribution is -1.87. The molecule has 0 atom stereocenters. The maximum Gasteiger partial charge on any atom is 0.120 e. The van der Waals surface area contributed by atoms with Crippen LogP contribution in [-0.2, 0) is 6.42 Å². The second kappa shape index (κ2) is 5.98. The van der Waals surface area contributed by atoms with E-state index < -0.39 is 0 Å². The number of unbranched alkanes of at least 4 members (excludes halogenated alkanes) is 1. The quantitative estimate of drug-likeness (QED) is 0.767. The van der Waals surface area contributed by atoms with Crippen molar-refractivity contribution in [2.24, 2.45) is 0 Å². The van der Waals surface area contributed by atoms with Gasteiger partial charge in [-0.3, -0.25) is 0 Å². The van der Waals surface area contributed by atoms with Crippen molar-refractivity contribution in [3.8, 4) is 23.3 Å². The van der Waals surface area contributed by atoms with E-state index >= 15 is 0 Å². The van der Waals surface area contributed by atoms with Gasteiger partial charge in [-0.05, 0) is 24.6 Å². The third kappa shape index (κ3) is 3.55. The molecule has 0 fully saturated rings. The molecule has 2 nitrogen and oxygen atoms in total. The van der Waals surface area contributed by atoms with Gasteiger partial charge in [-0.15, -0.1) is 5.92 Å². The van der Waals surface area contributed by atoms with E-state index in [4.69, 9.17) is 4.74 Å². The van der Waals surface area contributed by atoms with Gasteiger partial charge in [-0.1, -0.05) is 12.8 Å². The number of phenols is 1. The van der Waals surface area contributed by atoms with Crippen LogP contribution in [-0.4, -0.2) is 12.2 Å². The minimum Gasteiger partial charge on any atom is -0.508 e. The van der Waals surface area contributed by atoms with Crippen LogP contribution in [0.5, 0.6) is 11.5 Å². The molecule has 1 N–H and O–H groups in total. The first kappa shape index (κ1) is 11.5. The van der Waals surface area contributed by atoms with E-state index in [1.807, 2.05) is 6.07 Å². The summed E-state index contributed by atoms with van der Waals surface area (Å²) < 4.78 is 5.08. The second-order valence-corrected chi connectivity index (χ2v) is 3.27. The highest BCUT2D eigenvalue weighted by molar-refractivity contribution is 5.41. The topological polar surface area (TPSA) is 29.5 Å². The molecule has 1 aromatic carbocycles. The summed E-state index contributed by atoms with van der Waals surface area (Å²) in [6, 6.07) is 5.18. The molecule has 0 amide bonds. The van der Waals surface area contributed by atoms with Crippen molar-refractivity contribution in [1.82, 2.24) is 0 Å². The lowest BCUT2D eigenvalue weighted by Gasteiger charge is -2.03. The predicted octanol–water partition coefficient (Wildman–Crippen LogP) is 2.75. The molecule has 0 aliphatic carbocycles. The van der Waals surface area contributed by atoms with Gasteiger partial charge in [0.15, 0.2) is 0 Å². The highest BCUT2D eigenvalue weighted by atomic mass is 16.5.